The van der Waals surface area contributed by atoms with E-state index in [1.165, 1.54) is 5.75 Å². The van der Waals surface area contributed by atoms with E-state index in [9.17, 15) is 5.11 Å². The maximum Gasteiger partial charge on any atom is 0.0836 e. The molecule has 98 valence electrons. The van der Waals surface area contributed by atoms with Gasteiger partial charge in [-0.25, -0.2) is 0 Å². The van der Waals surface area contributed by atoms with Crippen LogP contribution in [0.2, 0.25) is 0 Å². The quantitative estimate of drug-likeness (QED) is 0.885. The van der Waals surface area contributed by atoms with Crippen molar-refractivity contribution in [2.45, 2.75) is 31.0 Å². The average molecular weight is 266 g/mol. The van der Waals surface area contributed by atoms with Crippen molar-refractivity contribution in [2.24, 2.45) is 5.92 Å². The van der Waals surface area contributed by atoms with Gasteiger partial charge in [0.2, 0.25) is 0 Å². The first-order valence-electron chi connectivity index (χ1n) is 6.45. The Bertz CT molecular complexity index is 395. The highest BCUT2D eigenvalue weighted by Gasteiger charge is 2.42. The minimum atomic E-state index is -0.438. The van der Waals surface area contributed by atoms with Gasteiger partial charge in [-0.3, -0.25) is 0 Å². The number of nitrogens with zero attached hydrogens (tertiary/aromatic N) is 2. The van der Waals surface area contributed by atoms with Gasteiger partial charge in [0.15, 0.2) is 0 Å². The molecule has 0 bridgehead atoms. The molecule has 3 unspecified atom stereocenters. The smallest absolute Gasteiger partial charge is 0.0836 e. The van der Waals surface area contributed by atoms with Crippen molar-refractivity contribution in [3.8, 4) is 0 Å². The zero-order chi connectivity index (χ0) is 12.4. The number of thioether (sulfide) groups is 1. The molecule has 1 N–H and O–H groups in total. The molecule has 2 fully saturated rings. The van der Waals surface area contributed by atoms with Crippen LogP contribution < -0.4 is 0 Å². The predicted molar refractivity (Wildman–Crippen MR) is 70.3 cm³/mol. The van der Waals surface area contributed by atoms with Crippen molar-refractivity contribution in [1.82, 2.24) is 10.2 Å². The van der Waals surface area contributed by atoms with Crippen LogP contribution >= 0.6 is 11.8 Å². The summed E-state index contributed by atoms with van der Waals surface area (Å²) in [4.78, 5) is 0. The maximum absolute atomic E-state index is 10.5. The van der Waals surface area contributed by atoms with Gasteiger partial charge in [0.25, 0.3) is 0 Å². The average Bonchev–Trinajstić information content (AvgIpc) is 2.87. The summed E-state index contributed by atoms with van der Waals surface area (Å²) in [6, 6.07) is 1.85. The molecule has 5 heteroatoms. The lowest BCUT2D eigenvalue weighted by molar-refractivity contribution is -0.102. The van der Waals surface area contributed by atoms with Gasteiger partial charge in [-0.05, 0) is 37.0 Å². The maximum atomic E-state index is 10.5. The molecule has 1 spiro atoms. The molecule has 2 aliphatic rings. The van der Waals surface area contributed by atoms with Gasteiger partial charge in [0.05, 0.1) is 17.9 Å². The van der Waals surface area contributed by atoms with E-state index in [4.69, 9.17) is 4.74 Å². The van der Waals surface area contributed by atoms with E-state index in [2.05, 4.69) is 10.2 Å². The Kier molecular flexibility index (Phi) is 3.54. The zero-order valence-corrected chi connectivity index (χ0v) is 11.1. The Morgan fingerprint density at radius 1 is 1.50 bits per heavy atom. The second kappa shape index (κ2) is 5.15. The minimum absolute atomic E-state index is 0.0228. The second-order valence-corrected chi connectivity index (χ2v) is 6.31. The van der Waals surface area contributed by atoms with Gasteiger partial charge in [0.1, 0.15) is 0 Å². The van der Waals surface area contributed by atoms with E-state index in [1.807, 2.05) is 17.8 Å². The fourth-order valence-corrected chi connectivity index (χ4v) is 4.32. The SMILES string of the molecule is OC(c1ccnnc1)C1CCOC2(CCSC2)C1. The molecule has 1 aromatic heterocycles. The van der Waals surface area contributed by atoms with Gasteiger partial charge in [0, 0.05) is 24.1 Å². The minimum Gasteiger partial charge on any atom is -0.388 e. The summed E-state index contributed by atoms with van der Waals surface area (Å²) in [5.74, 6) is 2.53. The van der Waals surface area contributed by atoms with Gasteiger partial charge < -0.3 is 9.84 Å². The highest BCUT2D eigenvalue weighted by Crippen LogP contribution is 2.43. The zero-order valence-electron chi connectivity index (χ0n) is 10.3. The number of rotatable bonds is 2. The Labute approximate surface area is 111 Å². The number of ether oxygens (including phenoxy) is 1. The number of hydrogen-bond donors (Lipinski definition) is 1. The van der Waals surface area contributed by atoms with Crippen molar-refractivity contribution >= 4 is 11.8 Å². The molecule has 3 rings (SSSR count). The van der Waals surface area contributed by atoms with Crippen LogP contribution in [0.5, 0.6) is 0 Å². The lowest BCUT2D eigenvalue weighted by Crippen LogP contribution is -2.41. The fourth-order valence-electron chi connectivity index (χ4n) is 2.95. The molecule has 0 amide bonds. The van der Waals surface area contributed by atoms with E-state index >= 15 is 0 Å². The number of aliphatic hydroxyl groups excluding tert-OH is 1. The lowest BCUT2D eigenvalue weighted by Gasteiger charge is -2.39. The van der Waals surface area contributed by atoms with Gasteiger partial charge in [-0.15, -0.1) is 0 Å². The third-order valence-electron chi connectivity index (χ3n) is 3.99. The lowest BCUT2D eigenvalue weighted by atomic mass is 9.81. The van der Waals surface area contributed by atoms with E-state index in [0.717, 1.165) is 37.2 Å². The van der Waals surface area contributed by atoms with Crippen molar-refractivity contribution in [1.29, 1.82) is 0 Å². The van der Waals surface area contributed by atoms with Crippen LogP contribution in [0.1, 0.15) is 30.9 Å². The van der Waals surface area contributed by atoms with Crippen LogP contribution in [0.3, 0.4) is 0 Å². The molecular formula is C13H18N2O2S. The van der Waals surface area contributed by atoms with E-state index in [1.54, 1.807) is 12.4 Å². The van der Waals surface area contributed by atoms with E-state index in [0.29, 0.717) is 0 Å². The summed E-state index contributed by atoms with van der Waals surface area (Å²) in [6.45, 7) is 0.765. The fraction of sp³-hybridized carbons (Fsp3) is 0.692. The molecule has 18 heavy (non-hydrogen) atoms. The molecule has 0 saturated carbocycles. The third kappa shape index (κ3) is 2.39. The predicted octanol–water partition coefficient (Wildman–Crippen LogP) is 1.81. The van der Waals surface area contributed by atoms with E-state index < -0.39 is 6.10 Å². The topological polar surface area (TPSA) is 55.2 Å². The summed E-state index contributed by atoms with van der Waals surface area (Å²) in [7, 11) is 0. The van der Waals surface area contributed by atoms with Crippen LogP contribution in [0.25, 0.3) is 0 Å². The third-order valence-corrected chi connectivity index (χ3v) is 5.22. The van der Waals surface area contributed by atoms with Gasteiger partial charge >= 0.3 is 0 Å². The monoisotopic (exact) mass is 266 g/mol. The Morgan fingerprint density at radius 2 is 2.44 bits per heavy atom. The Balaban J connectivity index is 1.72. The molecule has 4 nitrogen and oxygen atoms in total. The van der Waals surface area contributed by atoms with Crippen molar-refractivity contribution < 1.29 is 9.84 Å². The molecule has 2 saturated heterocycles. The standard InChI is InChI=1S/C13H18N2O2S/c16-12(11-1-4-14-15-8-11)10-2-5-17-13(7-10)3-6-18-9-13/h1,4,8,10,12,16H,2-3,5-7,9H2. The number of hydrogen-bond acceptors (Lipinski definition) is 5. The van der Waals surface area contributed by atoms with Crippen molar-refractivity contribution in [2.75, 3.05) is 18.1 Å². The molecule has 3 heterocycles. The highest BCUT2D eigenvalue weighted by molar-refractivity contribution is 7.99. The molecule has 0 aromatic carbocycles. The number of aliphatic hydroxyl groups is 1. The highest BCUT2D eigenvalue weighted by atomic mass is 32.2. The van der Waals surface area contributed by atoms with Crippen LogP contribution in [0, 0.1) is 5.92 Å². The van der Waals surface area contributed by atoms with Crippen LogP contribution in [-0.4, -0.2) is 39.0 Å². The van der Waals surface area contributed by atoms with Crippen LogP contribution in [0.4, 0.5) is 0 Å². The summed E-state index contributed by atoms with van der Waals surface area (Å²) in [5, 5.41) is 18.1. The first-order chi connectivity index (χ1) is 8.79. The summed E-state index contributed by atoms with van der Waals surface area (Å²) < 4.78 is 5.98. The Morgan fingerprint density at radius 3 is 3.17 bits per heavy atom. The van der Waals surface area contributed by atoms with Crippen molar-refractivity contribution in [3.05, 3.63) is 24.0 Å². The number of aromatic nitrogens is 2. The largest absolute Gasteiger partial charge is 0.388 e. The summed E-state index contributed by atoms with van der Waals surface area (Å²) in [6.07, 6.45) is 5.87. The van der Waals surface area contributed by atoms with Crippen LogP contribution in [-0.2, 0) is 4.74 Å². The summed E-state index contributed by atoms with van der Waals surface area (Å²) >= 11 is 1.96. The molecule has 0 aliphatic carbocycles. The van der Waals surface area contributed by atoms with Crippen molar-refractivity contribution in [3.63, 3.8) is 0 Å². The molecule has 2 aliphatic heterocycles. The van der Waals surface area contributed by atoms with Crippen LogP contribution in [0.15, 0.2) is 18.5 Å². The Hall–Kier alpha value is -0.650. The normalized spacial score (nSPS) is 33.7. The molecule has 0 radical (unpaired) electrons. The summed E-state index contributed by atoms with van der Waals surface area (Å²) in [5.41, 5.74) is 0.896. The molecular weight excluding hydrogens is 248 g/mol. The molecule has 1 aromatic rings. The van der Waals surface area contributed by atoms with E-state index in [-0.39, 0.29) is 11.5 Å². The van der Waals surface area contributed by atoms with Gasteiger partial charge in [-0.2, -0.15) is 22.0 Å². The molecule has 3 atom stereocenters. The first-order valence-corrected chi connectivity index (χ1v) is 7.61. The first kappa shape index (κ1) is 12.4. The second-order valence-electron chi connectivity index (χ2n) is 5.21. The van der Waals surface area contributed by atoms with Gasteiger partial charge in [-0.1, -0.05) is 0 Å².